The molecule has 1 aromatic rings. The Morgan fingerprint density at radius 1 is 1.30 bits per heavy atom. The van der Waals surface area contributed by atoms with Gasteiger partial charge in [0.25, 0.3) is 0 Å². The maximum absolute atomic E-state index is 12.3. The van der Waals surface area contributed by atoms with E-state index >= 15 is 0 Å². The maximum Gasteiger partial charge on any atom is 0.147 e. The highest BCUT2D eigenvalue weighted by Crippen LogP contribution is 2.17. The predicted molar refractivity (Wildman–Crippen MR) is 31.8 cm³/mol. The van der Waals surface area contributed by atoms with Crippen molar-refractivity contribution in [3.05, 3.63) is 35.4 Å². The smallest absolute Gasteiger partial charge is 0.147 e. The summed E-state index contributed by atoms with van der Waals surface area (Å²) in [6, 6.07) is 2.64. The Kier molecular flexibility index (Phi) is 1.71. The van der Waals surface area contributed by atoms with E-state index in [0.717, 1.165) is 18.2 Å². The van der Waals surface area contributed by atoms with Crippen molar-refractivity contribution >= 4 is 5.69 Å². The fraction of sp³-hybridized carbons (Fsp3) is 0. The topological polar surface area (TPSA) is 34.7 Å². The molecule has 0 atom stereocenters. The van der Waals surface area contributed by atoms with Crippen LogP contribution in [0.4, 0.5) is 14.5 Å². The highest BCUT2D eigenvalue weighted by Gasteiger charge is 1.97. The molecule has 0 aliphatic carbocycles. The molecule has 0 unspecified atom stereocenters. The summed E-state index contributed by atoms with van der Waals surface area (Å²) in [5.74, 6) is -1.38. The van der Waals surface area contributed by atoms with Crippen LogP contribution < -0.4 is 0 Å². The second-order valence-corrected chi connectivity index (χ2v) is 1.70. The van der Waals surface area contributed by atoms with Gasteiger partial charge in [0.05, 0.1) is 5.69 Å². The summed E-state index contributed by atoms with van der Waals surface area (Å²) in [5, 5.41) is 2.52. The lowest BCUT2D eigenvalue weighted by atomic mass is 10.3. The minimum absolute atomic E-state index is 0.389. The van der Waals surface area contributed by atoms with Crippen LogP contribution >= 0.6 is 0 Å². The van der Waals surface area contributed by atoms with Gasteiger partial charge < -0.3 is 10.6 Å². The SMILES string of the molecule is [N-]=Nc1cc(F)ccc1F. The lowest BCUT2D eigenvalue weighted by Gasteiger charge is -1.97. The Balaban J connectivity index is 3.21. The average molecular weight is 141 g/mol. The van der Waals surface area contributed by atoms with Crippen LogP contribution in [0, 0.1) is 11.6 Å². The number of hydrogen-bond donors (Lipinski definition) is 0. The first-order chi connectivity index (χ1) is 4.74. The zero-order valence-corrected chi connectivity index (χ0v) is 4.88. The molecule has 0 saturated carbocycles. The van der Waals surface area contributed by atoms with E-state index in [1.807, 2.05) is 0 Å². The van der Waals surface area contributed by atoms with Crippen LogP contribution in [0.5, 0.6) is 0 Å². The lowest BCUT2D eigenvalue weighted by Crippen LogP contribution is -1.76. The molecule has 10 heavy (non-hydrogen) atoms. The molecule has 1 rings (SSSR count). The van der Waals surface area contributed by atoms with E-state index in [4.69, 9.17) is 5.53 Å². The van der Waals surface area contributed by atoms with Crippen LogP contribution in [0.25, 0.3) is 5.53 Å². The first-order valence-corrected chi connectivity index (χ1v) is 2.54. The van der Waals surface area contributed by atoms with Gasteiger partial charge in [0.1, 0.15) is 11.6 Å². The summed E-state index contributed by atoms with van der Waals surface area (Å²) in [4.78, 5) is 0. The molecule has 52 valence electrons. The lowest BCUT2D eigenvalue weighted by molar-refractivity contribution is 0.602. The second-order valence-electron chi connectivity index (χ2n) is 1.70. The standard InChI is InChI=1S/C6H3F2N2/c7-4-1-2-5(8)6(3-4)10-9/h1-3H/q-1. The van der Waals surface area contributed by atoms with Gasteiger partial charge in [-0.25, -0.2) is 8.78 Å². The number of rotatable bonds is 1. The van der Waals surface area contributed by atoms with Gasteiger partial charge in [-0.15, -0.1) is 0 Å². The maximum atomic E-state index is 12.3. The van der Waals surface area contributed by atoms with Gasteiger partial charge in [-0.2, -0.15) is 0 Å². The molecular weight excluding hydrogens is 138 g/mol. The van der Waals surface area contributed by atoms with E-state index in [0.29, 0.717) is 0 Å². The molecule has 0 bridgehead atoms. The van der Waals surface area contributed by atoms with Crippen molar-refractivity contribution in [3.8, 4) is 0 Å². The minimum Gasteiger partial charge on any atom is -0.706 e. The summed E-state index contributed by atoms with van der Waals surface area (Å²) in [7, 11) is 0. The van der Waals surface area contributed by atoms with Crippen LogP contribution in [0.15, 0.2) is 23.3 Å². The molecule has 0 saturated heterocycles. The van der Waals surface area contributed by atoms with Crippen molar-refractivity contribution in [3.63, 3.8) is 0 Å². The molecular formula is C6H3F2N2-. The molecule has 0 N–H and O–H groups in total. The Morgan fingerprint density at radius 3 is 2.50 bits per heavy atom. The first-order valence-electron chi connectivity index (χ1n) is 2.54. The van der Waals surface area contributed by atoms with E-state index in [1.165, 1.54) is 0 Å². The third-order valence-corrected chi connectivity index (χ3v) is 1.02. The zero-order chi connectivity index (χ0) is 7.56. The largest absolute Gasteiger partial charge is 0.706 e. The fourth-order valence-corrected chi connectivity index (χ4v) is 0.562. The molecule has 1 aromatic carbocycles. The van der Waals surface area contributed by atoms with Gasteiger partial charge >= 0.3 is 0 Å². The van der Waals surface area contributed by atoms with Crippen molar-refractivity contribution in [1.29, 1.82) is 0 Å². The van der Waals surface area contributed by atoms with Crippen LogP contribution in [-0.2, 0) is 0 Å². The second kappa shape index (κ2) is 2.51. The summed E-state index contributed by atoms with van der Waals surface area (Å²) in [6.07, 6.45) is 0. The number of nitrogens with zero attached hydrogens (tertiary/aromatic N) is 2. The monoisotopic (exact) mass is 141 g/mol. The number of halogens is 2. The molecule has 0 aromatic heterocycles. The van der Waals surface area contributed by atoms with Gasteiger partial charge in [0, 0.05) is 6.07 Å². The summed E-state index contributed by atoms with van der Waals surface area (Å²) in [5.41, 5.74) is 7.67. The Morgan fingerprint density at radius 2 is 2.00 bits per heavy atom. The molecule has 0 spiro atoms. The van der Waals surface area contributed by atoms with Crippen molar-refractivity contribution in [2.45, 2.75) is 0 Å². The normalized spacial score (nSPS) is 9.40. The van der Waals surface area contributed by atoms with E-state index in [-0.39, 0.29) is 5.69 Å². The van der Waals surface area contributed by atoms with Crippen LogP contribution in [0.1, 0.15) is 0 Å². The number of hydrogen-bond acceptors (Lipinski definition) is 1. The van der Waals surface area contributed by atoms with E-state index < -0.39 is 11.6 Å². The highest BCUT2D eigenvalue weighted by molar-refractivity contribution is 5.37. The summed E-state index contributed by atoms with van der Waals surface area (Å²) < 4.78 is 24.5. The van der Waals surface area contributed by atoms with Crippen molar-refractivity contribution in [1.82, 2.24) is 0 Å². The average Bonchev–Trinajstić information content (AvgIpc) is 1.94. The van der Waals surface area contributed by atoms with E-state index in [1.54, 1.807) is 0 Å². The van der Waals surface area contributed by atoms with E-state index in [2.05, 4.69) is 5.11 Å². The Hall–Kier alpha value is -1.32. The molecule has 2 nitrogen and oxygen atoms in total. The van der Waals surface area contributed by atoms with Gasteiger partial charge in [-0.1, -0.05) is 0 Å². The molecule has 0 fully saturated rings. The quantitative estimate of drug-likeness (QED) is 0.539. The van der Waals surface area contributed by atoms with E-state index in [9.17, 15) is 8.78 Å². The van der Waals surface area contributed by atoms with Crippen molar-refractivity contribution < 1.29 is 8.78 Å². The molecule has 0 aliphatic heterocycles. The first kappa shape index (κ1) is 6.80. The third-order valence-electron chi connectivity index (χ3n) is 1.02. The Labute approximate surface area is 56.0 Å². The van der Waals surface area contributed by atoms with Crippen molar-refractivity contribution in [2.75, 3.05) is 0 Å². The molecule has 0 amide bonds. The fourth-order valence-electron chi connectivity index (χ4n) is 0.562. The zero-order valence-electron chi connectivity index (χ0n) is 4.88. The van der Waals surface area contributed by atoms with Gasteiger partial charge in [-0.3, -0.25) is 0 Å². The summed E-state index contributed by atoms with van der Waals surface area (Å²) in [6.45, 7) is 0. The molecule has 0 radical (unpaired) electrons. The highest BCUT2D eigenvalue weighted by atomic mass is 19.1. The molecule has 0 heterocycles. The van der Waals surface area contributed by atoms with Crippen LogP contribution in [0.2, 0.25) is 0 Å². The Bertz CT molecular complexity index is 260. The number of benzene rings is 1. The third kappa shape index (κ3) is 1.15. The summed E-state index contributed by atoms with van der Waals surface area (Å²) >= 11 is 0. The van der Waals surface area contributed by atoms with Gasteiger partial charge in [0.2, 0.25) is 0 Å². The van der Waals surface area contributed by atoms with Crippen LogP contribution in [0.3, 0.4) is 0 Å². The molecule has 0 aliphatic rings. The minimum atomic E-state index is -0.746. The van der Waals surface area contributed by atoms with Crippen molar-refractivity contribution in [2.24, 2.45) is 5.11 Å². The van der Waals surface area contributed by atoms with Gasteiger partial charge in [-0.05, 0) is 12.1 Å². The van der Waals surface area contributed by atoms with Crippen LogP contribution in [-0.4, -0.2) is 0 Å². The van der Waals surface area contributed by atoms with Gasteiger partial charge in [0.15, 0.2) is 0 Å². The molecule has 4 heteroatoms. The predicted octanol–water partition coefficient (Wildman–Crippen LogP) is 2.62.